The Hall–Kier alpha value is -2.95. The number of aryl methyl sites for hydroxylation is 1. The third-order valence-corrected chi connectivity index (χ3v) is 2.76. The van der Waals surface area contributed by atoms with E-state index < -0.39 is 5.97 Å². The van der Waals surface area contributed by atoms with Crippen molar-refractivity contribution in [3.05, 3.63) is 35.7 Å². The number of carbonyl (C=O) groups excluding carboxylic acids is 1. The second-order valence-electron chi connectivity index (χ2n) is 4.38. The number of benzene rings is 1. The van der Waals surface area contributed by atoms with Gasteiger partial charge in [0.2, 0.25) is 0 Å². The molecular formula is C14H15N5O3. The number of nitriles is 1. The number of nitrogens with zero attached hydrogens (tertiary/aromatic N) is 5. The molecule has 0 unspecified atom stereocenters. The number of rotatable bonds is 7. The first kappa shape index (κ1) is 15.4. The van der Waals surface area contributed by atoms with Gasteiger partial charge in [0.1, 0.15) is 11.8 Å². The van der Waals surface area contributed by atoms with E-state index >= 15 is 0 Å². The van der Waals surface area contributed by atoms with Crippen LogP contribution in [0, 0.1) is 11.3 Å². The highest BCUT2D eigenvalue weighted by Crippen LogP contribution is 2.16. The quantitative estimate of drug-likeness (QED) is 0.705. The van der Waals surface area contributed by atoms with Crippen LogP contribution in [0.5, 0.6) is 5.75 Å². The summed E-state index contributed by atoms with van der Waals surface area (Å²) in [6, 6.07) is 8.66. The first-order valence-corrected chi connectivity index (χ1v) is 6.77. The van der Waals surface area contributed by atoms with E-state index in [9.17, 15) is 4.79 Å². The third kappa shape index (κ3) is 4.02. The lowest BCUT2D eigenvalue weighted by Gasteiger charge is -2.08. The number of aromatic nitrogens is 4. The van der Waals surface area contributed by atoms with Crippen molar-refractivity contribution in [1.82, 2.24) is 20.2 Å². The summed E-state index contributed by atoms with van der Waals surface area (Å²) in [5.41, 5.74) is 0.363. The van der Waals surface area contributed by atoms with Gasteiger partial charge in [-0.05, 0) is 29.0 Å². The van der Waals surface area contributed by atoms with Gasteiger partial charge in [0, 0.05) is 6.54 Å². The van der Waals surface area contributed by atoms with Crippen LogP contribution in [-0.2, 0) is 22.7 Å². The maximum absolute atomic E-state index is 11.7. The summed E-state index contributed by atoms with van der Waals surface area (Å²) < 4.78 is 11.9. The molecule has 0 saturated heterocycles. The minimum Gasteiger partial charge on any atom is -0.481 e. The van der Waals surface area contributed by atoms with Crippen molar-refractivity contribution in [1.29, 1.82) is 5.26 Å². The van der Waals surface area contributed by atoms with Gasteiger partial charge >= 0.3 is 5.97 Å². The largest absolute Gasteiger partial charge is 0.481 e. The highest BCUT2D eigenvalue weighted by Gasteiger charge is 2.11. The van der Waals surface area contributed by atoms with Gasteiger partial charge in [-0.3, -0.25) is 0 Å². The molecule has 0 atom stereocenters. The topological polar surface area (TPSA) is 103 Å². The minimum absolute atomic E-state index is 0.0188. The molecule has 0 saturated carbocycles. The Kier molecular flexibility index (Phi) is 5.43. The Morgan fingerprint density at radius 3 is 3.00 bits per heavy atom. The monoisotopic (exact) mass is 301 g/mol. The zero-order chi connectivity index (χ0) is 15.8. The van der Waals surface area contributed by atoms with E-state index in [0.29, 0.717) is 23.7 Å². The van der Waals surface area contributed by atoms with Crippen LogP contribution in [-0.4, -0.2) is 32.8 Å². The van der Waals surface area contributed by atoms with Crippen LogP contribution in [0.1, 0.15) is 24.7 Å². The van der Waals surface area contributed by atoms with Crippen LogP contribution in [0.25, 0.3) is 0 Å². The Morgan fingerprint density at radius 2 is 2.23 bits per heavy atom. The predicted octanol–water partition coefficient (Wildman–Crippen LogP) is 1.08. The normalized spacial score (nSPS) is 10.0. The fourth-order valence-corrected chi connectivity index (χ4v) is 1.72. The highest BCUT2D eigenvalue weighted by molar-refractivity contribution is 5.71. The molecule has 0 spiro atoms. The van der Waals surface area contributed by atoms with Gasteiger partial charge < -0.3 is 9.47 Å². The smallest absolute Gasteiger partial charge is 0.344 e. The number of esters is 1. The first-order chi connectivity index (χ1) is 10.7. The molecule has 0 aliphatic heterocycles. The van der Waals surface area contributed by atoms with Crippen LogP contribution in [0.3, 0.4) is 0 Å². The van der Waals surface area contributed by atoms with E-state index in [1.54, 1.807) is 28.9 Å². The van der Waals surface area contributed by atoms with Crippen LogP contribution in [0.15, 0.2) is 24.3 Å². The van der Waals surface area contributed by atoms with Gasteiger partial charge in [-0.25, -0.2) is 9.48 Å². The molecule has 114 valence electrons. The second kappa shape index (κ2) is 7.73. The maximum Gasteiger partial charge on any atom is 0.344 e. The number of hydrogen-bond acceptors (Lipinski definition) is 7. The molecule has 0 fully saturated rings. The van der Waals surface area contributed by atoms with Crippen molar-refractivity contribution in [3.63, 3.8) is 0 Å². The van der Waals surface area contributed by atoms with Crippen molar-refractivity contribution in [3.8, 4) is 11.8 Å². The van der Waals surface area contributed by atoms with Gasteiger partial charge in [-0.2, -0.15) is 5.26 Å². The molecule has 0 bridgehead atoms. The lowest BCUT2D eigenvalue weighted by molar-refractivity contribution is -0.147. The highest BCUT2D eigenvalue weighted by atomic mass is 16.6. The number of tetrazole rings is 1. The molecule has 8 nitrogen and oxygen atoms in total. The molecule has 2 aromatic rings. The van der Waals surface area contributed by atoms with Gasteiger partial charge in [0.15, 0.2) is 19.0 Å². The summed E-state index contributed by atoms with van der Waals surface area (Å²) in [5, 5.41) is 20.1. The number of ether oxygens (including phenoxy) is 2. The fourth-order valence-electron chi connectivity index (χ4n) is 1.72. The summed E-state index contributed by atoms with van der Waals surface area (Å²) in [7, 11) is 0. The molecule has 2 rings (SSSR count). The van der Waals surface area contributed by atoms with Crippen LogP contribution in [0.2, 0.25) is 0 Å². The van der Waals surface area contributed by atoms with Crippen molar-refractivity contribution in [2.75, 3.05) is 6.61 Å². The molecular weight excluding hydrogens is 286 g/mol. The van der Waals surface area contributed by atoms with Gasteiger partial charge in [-0.1, -0.05) is 19.1 Å². The molecule has 22 heavy (non-hydrogen) atoms. The fraction of sp³-hybridized carbons (Fsp3) is 0.357. The molecule has 1 aromatic carbocycles. The standard InChI is InChI=1S/C14H15N5O3/c1-2-7-19-13(16-17-18-19)9-22-14(20)10-21-12-6-4-3-5-11(12)8-15/h3-6H,2,7,9-10H2,1H3. The average Bonchev–Trinajstić information content (AvgIpc) is 2.99. The molecule has 1 aromatic heterocycles. The number of para-hydroxylation sites is 1. The lowest BCUT2D eigenvalue weighted by Crippen LogP contribution is -2.17. The average molecular weight is 301 g/mol. The minimum atomic E-state index is -0.557. The first-order valence-electron chi connectivity index (χ1n) is 6.77. The zero-order valence-corrected chi connectivity index (χ0v) is 12.1. The van der Waals surface area contributed by atoms with Crippen LogP contribution in [0.4, 0.5) is 0 Å². The number of carbonyl (C=O) groups is 1. The van der Waals surface area contributed by atoms with Crippen molar-refractivity contribution < 1.29 is 14.3 Å². The number of hydrogen-bond donors (Lipinski definition) is 0. The molecule has 8 heteroatoms. The van der Waals surface area contributed by atoms with Crippen molar-refractivity contribution >= 4 is 5.97 Å². The summed E-state index contributed by atoms with van der Waals surface area (Å²) in [6.45, 7) is 2.35. The Morgan fingerprint density at radius 1 is 1.41 bits per heavy atom. The summed E-state index contributed by atoms with van der Waals surface area (Å²) in [6.07, 6.45) is 0.875. The maximum atomic E-state index is 11.7. The van der Waals surface area contributed by atoms with E-state index in [1.165, 1.54) is 0 Å². The van der Waals surface area contributed by atoms with E-state index in [0.717, 1.165) is 6.42 Å². The van der Waals surface area contributed by atoms with Gasteiger partial charge in [0.25, 0.3) is 0 Å². The van der Waals surface area contributed by atoms with Gasteiger partial charge in [-0.15, -0.1) is 5.10 Å². The Balaban J connectivity index is 1.83. The van der Waals surface area contributed by atoms with E-state index in [1.807, 2.05) is 13.0 Å². The lowest BCUT2D eigenvalue weighted by atomic mass is 10.2. The van der Waals surface area contributed by atoms with Crippen LogP contribution >= 0.6 is 0 Å². The van der Waals surface area contributed by atoms with E-state index in [-0.39, 0.29) is 13.2 Å². The second-order valence-corrected chi connectivity index (χ2v) is 4.38. The van der Waals surface area contributed by atoms with Crippen LogP contribution < -0.4 is 4.74 Å². The molecule has 0 radical (unpaired) electrons. The molecule has 0 N–H and O–H groups in total. The Bertz CT molecular complexity index is 677. The van der Waals surface area contributed by atoms with E-state index in [2.05, 4.69) is 15.5 Å². The van der Waals surface area contributed by atoms with Crippen molar-refractivity contribution in [2.45, 2.75) is 26.5 Å². The molecule has 1 heterocycles. The van der Waals surface area contributed by atoms with E-state index in [4.69, 9.17) is 14.7 Å². The van der Waals surface area contributed by atoms with Crippen molar-refractivity contribution in [2.24, 2.45) is 0 Å². The third-order valence-electron chi connectivity index (χ3n) is 2.76. The molecule has 0 amide bonds. The summed E-state index contributed by atoms with van der Waals surface area (Å²) in [4.78, 5) is 11.7. The predicted molar refractivity (Wildman–Crippen MR) is 74.6 cm³/mol. The molecule has 0 aliphatic rings. The summed E-state index contributed by atoms with van der Waals surface area (Å²) in [5.74, 6) is 0.268. The molecule has 0 aliphatic carbocycles. The Labute approximate surface area is 127 Å². The zero-order valence-electron chi connectivity index (χ0n) is 12.1. The summed E-state index contributed by atoms with van der Waals surface area (Å²) >= 11 is 0. The van der Waals surface area contributed by atoms with Gasteiger partial charge in [0.05, 0.1) is 5.56 Å². The SMILES string of the molecule is CCCn1nnnc1COC(=O)COc1ccccc1C#N.